The summed E-state index contributed by atoms with van der Waals surface area (Å²) in [6.45, 7) is 3.59. The molecule has 0 aliphatic heterocycles. The van der Waals surface area contributed by atoms with Gasteiger partial charge in [-0.15, -0.1) is 21.5 Å². The number of nitrogens with zero attached hydrogens (tertiary/aromatic N) is 7. The van der Waals surface area contributed by atoms with E-state index in [0.29, 0.717) is 27.6 Å². The topological polar surface area (TPSA) is 109 Å². The molecule has 162 valence electrons. The minimum atomic E-state index is -0.707. The first-order valence-electron chi connectivity index (χ1n) is 9.52. The number of thiophene rings is 1. The second-order valence-corrected chi connectivity index (χ2v) is 8.49. The molecule has 32 heavy (non-hydrogen) atoms. The summed E-state index contributed by atoms with van der Waals surface area (Å²) in [5.74, 6) is 0.476. The van der Waals surface area contributed by atoms with Crippen LogP contribution in [0, 0.1) is 13.8 Å². The van der Waals surface area contributed by atoms with Crippen LogP contribution in [0.15, 0.2) is 34.4 Å². The first-order valence-corrected chi connectivity index (χ1v) is 10.8. The van der Waals surface area contributed by atoms with E-state index in [4.69, 9.17) is 16.3 Å². The average molecular weight is 470 g/mol. The molecule has 12 heteroatoms. The summed E-state index contributed by atoms with van der Waals surface area (Å²) >= 11 is 7.55. The van der Waals surface area contributed by atoms with Gasteiger partial charge in [0, 0.05) is 12.7 Å². The summed E-state index contributed by atoms with van der Waals surface area (Å²) in [6, 6.07) is 6.97. The first kappa shape index (κ1) is 20.3. The van der Waals surface area contributed by atoms with Crippen molar-refractivity contribution < 1.29 is 9.53 Å². The van der Waals surface area contributed by atoms with Gasteiger partial charge in [0.25, 0.3) is 5.56 Å². The molecule has 5 aromatic heterocycles. The van der Waals surface area contributed by atoms with Gasteiger partial charge in [-0.3, -0.25) is 13.8 Å². The van der Waals surface area contributed by atoms with E-state index in [1.807, 2.05) is 25.3 Å². The number of carbonyl (C=O) groups is 1. The average Bonchev–Trinajstić information content (AvgIpc) is 3.48. The molecule has 0 N–H and O–H groups in total. The highest BCUT2D eigenvalue weighted by Gasteiger charge is 2.20. The highest BCUT2D eigenvalue weighted by molar-refractivity contribution is 7.17. The van der Waals surface area contributed by atoms with Gasteiger partial charge in [0.15, 0.2) is 23.9 Å². The number of aromatic nitrogens is 7. The molecule has 0 unspecified atom stereocenters. The van der Waals surface area contributed by atoms with E-state index < -0.39 is 5.97 Å². The zero-order valence-electron chi connectivity index (χ0n) is 17.2. The van der Waals surface area contributed by atoms with Crippen LogP contribution in [-0.2, 0) is 18.4 Å². The number of hydrogen-bond acceptors (Lipinski definition) is 8. The monoisotopic (exact) mass is 469 g/mol. The zero-order valence-corrected chi connectivity index (χ0v) is 18.8. The zero-order chi connectivity index (χ0) is 22.6. The Labute approximate surface area is 189 Å². The molecular formula is C20H16ClN7O3S. The molecule has 0 atom stereocenters. The molecule has 0 aliphatic rings. The Kier molecular flexibility index (Phi) is 4.79. The predicted molar refractivity (Wildman–Crippen MR) is 119 cm³/mol. The summed E-state index contributed by atoms with van der Waals surface area (Å²) in [4.78, 5) is 29.6. The Balaban J connectivity index is 1.47. The predicted octanol–water partition coefficient (Wildman–Crippen LogP) is 2.85. The molecule has 0 spiro atoms. The normalized spacial score (nSPS) is 11.5. The minimum absolute atomic E-state index is 0.0291. The van der Waals surface area contributed by atoms with E-state index in [1.54, 1.807) is 34.3 Å². The van der Waals surface area contributed by atoms with Crippen molar-refractivity contribution in [1.82, 2.24) is 33.9 Å². The molecule has 5 aromatic rings. The number of esters is 1. The van der Waals surface area contributed by atoms with Crippen LogP contribution >= 0.6 is 22.9 Å². The standard InChI is InChI=1S/C20H16ClN7O3S/c1-10-8-11(2)28(25-10)14-5-4-12(21)16(22-14)19(30)31-9-15-23-24-20-26(3)18(29)17-13(27(15)20)6-7-32-17/h4-8H,9H2,1-3H3. The van der Waals surface area contributed by atoms with Crippen molar-refractivity contribution in [1.29, 1.82) is 0 Å². The Morgan fingerprint density at radius 3 is 2.78 bits per heavy atom. The number of halogens is 1. The molecule has 0 saturated heterocycles. The summed E-state index contributed by atoms with van der Waals surface area (Å²) in [6.07, 6.45) is 0. The van der Waals surface area contributed by atoms with E-state index >= 15 is 0 Å². The van der Waals surface area contributed by atoms with Crippen LogP contribution in [0.1, 0.15) is 27.7 Å². The third-order valence-corrected chi connectivity index (χ3v) is 6.18. The van der Waals surface area contributed by atoms with Crippen molar-refractivity contribution in [3.05, 3.63) is 67.9 Å². The Morgan fingerprint density at radius 1 is 1.22 bits per heavy atom. The van der Waals surface area contributed by atoms with Crippen LogP contribution in [-0.4, -0.2) is 39.9 Å². The van der Waals surface area contributed by atoms with Gasteiger partial charge in [-0.1, -0.05) is 11.6 Å². The van der Waals surface area contributed by atoms with Crippen molar-refractivity contribution in [2.75, 3.05) is 0 Å². The third-order valence-electron chi connectivity index (χ3n) is 4.98. The van der Waals surface area contributed by atoms with Gasteiger partial charge in [-0.05, 0) is 43.5 Å². The highest BCUT2D eigenvalue weighted by atomic mass is 35.5. The second-order valence-electron chi connectivity index (χ2n) is 7.17. The fourth-order valence-corrected chi connectivity index (χ4v) is 4.53. The van der Waals surface area contributed by atoms with Crippen LogP contribution in [0.4, 0.5) is 0 Å². The maximum atomic E-state index is 12.8. The van der Waals surface area contributed by atoms with E-state index in [-0.39, 0.29) is 22.9 Å². The Hall–Kier alpha value is -3.57. The molecule has 10 nitrogen and oxygen atoms in total. The van der Waals surface area contributed by atoms with Crippen molar-refractivity contribution in [2.24, 2.45) is 7.05 Å². The van der Waals surface area contributed by atoms with Crippen LogP contribution in [0.2, 0.25) is 5.02 Å². The van der Waals surface area contributed by atoms with Crippen LogP contribution in [0.3, 0.4) is 0 Å². The summed E-state index contributed by atoms with van der Waals surface area (Å²) in [5, 5.41) is 14.5. The van der Waals surface area contributed by atoms with Crippen molar-refractivity contribution in [3.63, 3.8) is 0 Å². The van der Waals surface area contributed by atoms with Crippen molar-refractivity contribution in [3.8, 4) is 5.82 Å². The van der Waals surface area contributed by atoms with Gasteiger partial charge in [-0.25, -0.2) is 14.5 Å². The van der Waals surface area contributed by atoms with Crippen LogP contribution < -0.4 is 5.56 Å². The molecule has 0 saturated carbocycles. The largest absolute Gasteiger partial charge is 0.453 e. The molecule has 0 aliphatic carbocycles. The quantitative estimate of drug-likeness (QED) is 0.372. The van der Waals surface area contributed by atoms with Gasteiger partial charge in [0.05, 0.1) is 16.2 Å². The molecular weight excluding hydrogens is 454 g/mol. The minimum Gasteiger partial charge on any atom is -0.453 e. The van der Waals surface area contributed by atoms with Crippen molar-refractivity contribution >= 4 is 44.9 Å². The smallest absolute Gasteiger partial charge is 0.359 e. The molecule has 0 radical (unpaired) electrons. The summed E-state index contributed by atoms with van der Waals surface area (Å²) in [5.41, 5.74) is 2.18. The van der Waals surface area contributed by atoms with Crippen molar-refractivity contribution in [2.45, 2.75) is 20.5 Å². The molecule has 0 bridgehead atoms. The lowest BCUT2D eigenvalue weighted by molar-refractivity contribution is 0.0454. The molecule has 5 heterocycles. The van der Waals surface area contributed by atoms with Gasteiger partial charge in [0.1, 0.15) is 4.70 Å². The SMILES string of the molecule is Cc1cc(C)n(-c2ccc(Cl)c(C(=O)OCc3nnc4n(C)c(=O)c5sccc5n34)n2)n1. The summed E-state index contributed by atoms with van der Waals surface area (Å²) in [7, 11) is 1.62. The maximum Gasteiger partial charge on any atom is 0.359 e. The number of ether oxygens (including phenoxy) is 1. The lowest BCUT2D eigenvalue weighted by atomic mass is 10.3. The third kappa shape index (κ3) is 3.17. The fourth-order valence-electron chi connectivity index (χ4n) is 3.50. The lowest BCUT2D eigenvalue weighted by Crippen LogP contribution is -2.19. The first-order chi connectivity index (χ1) is 15.3. The number of pyridine rings is 1. The Morgan fingerprint density at radius 2 is 2.03 bits per heavy atom. The highest BCUT2D eigenvalue weighted by Crippen LogP contribution is 2.21. The van der Waals surface area contributed by atoms with Gasteiger partial charge in [0.2, 0.25) is 5.78 Å². The van der Waals surface area contributed by atoms with Gasteiger partial charge in [-0.2, -0.15) is 5.10 Å². The molecule has 0 fully saturated rings. The second kappa shape index (κ2) is 7.53. The number of fused-ring (bicyclic) bond motifs is 3. The lowest BCUT2D eigenvalue weighted by Gasteiger charge is -2.09. The molecule has 0 amide bonds. The van der Waals surface area contributed by atoms with Gasteiger partial charge < -0.3 is 4.74 Å². The number of aryl methyl sites for hydroxylation is 3. The van der Waals surface area contributed by atoms with E-state index in [1.165, 1.54) is 15.9 Å². The maximum absolute atomic E-state index is 12.8. The van der Waals surface area contributed by atoms with E-state index in [9.17, 15) is 9.59 Å². The fraction of sp³-hybridized carbons (Fsp3) is 0.200. The van der Waals surface area contributed by atoms with Crippen LogP contribution in [0.5, 0.6) is 0 Å². The molecule has 0 aromatic carbocycles. The van der Waals surface area contributed by atoms with Gasteiger partial charge >= 0.3 is 5.97 Å². The van der Waals surface area contributed by atoms with E-state index in [2.05, 4.69) is 20.3 Å². The number of hydrogen-bond donors (Lipinski definition) is 0. The number of carbonyl (C=O) groups excluding carboxylic acids is 1. The molecule has 5 rings (SSSR count). The number of rotatable bonds is 4. The van der Waals surface area contributed by atoms with Crippen LogP contribution in [0.25, 0.3) is 21.8 Å². The van der Waals surface area contributed by atoms with E-state index in [0.717, 1.165) is 11.4 Å². The summed E-state index contributed by atoms with van der Waals surface area (Å²) < 4.78 is 10.8. The Bertz CT molecular complexity index is 1580.